The van der Waals surface area contributed by atoms with Gasteiger partial charge in [0.05, 0.1) is 17.2 Å². The molecule has 0 heterocycles. The maximum atomic E-state index is 14.5. The van der Waals surface area contributed by atoms with Gasteiger partial charge < -0.3 is 15.0 Å². The van der Waals surface area contributed by atoms with Crippen LogP contribution in [-0.2, 0) is 32.6 Å². The van der Waals surface area contributed by atoms with Crippen LogP contribution in [0.1, 0.15) is 42.5 Å². The Labute approximate surface area is 273 Å². The van der Waals surface area contributed by atoms with Crippen molar-refractivity contribution in [2.45, 2.75) is 58.0 Å². The fraction of sp³-hybridized carbons (Fsp3) is 0.297. The lowest BCUT2D eigenvalue weighted by Crippen LogP contribution is -2.53. The second kappa shape index (κ2) is 16.1. The van der Waals surface area contributed by atoms with Crippen LogP contribution in [0.3, 0.4) is 0 Å². The zero-order valence-electron chi connectivity index (χ0n) is 27.0. The Morgan fingerprint density at radius 3 is 1.98 bits per heavy atom. The molecular formula is C37H43N3O5S. The summed E-state index contributed by atoms with van der Waals surface area (Å²) >= 11 is 0. The number of anilines is 1. The predicted octanol–water partition coefficient (Wildman–Crippen LogP) is 6.06. The number of amides is 2. The average Bonchev–Trinajstić information content (AvgIpc) is 3.06. The molecule has 0 aromatic heterocycles. The number of sulfonamides is 1. The molecule has 0 aliphatic heterocycles. The lowest BCUT2D eigenvalue weighted by molar-refractivity contribution is -0.140. The van der Waals surface area contributed by atoms with Crippen molar-refractivity contribution in [1.29, 1.82) is 0 Å². The van der Waals surface area contributed by atoms with E-state index >= 15 is 0 Å². The highest BCUT2D eigenvalue weighted by Gasteiger charge is 2.34. The Morgan fingerprint density at radius 2 is 1.39 bits per heavy atom. The minimum absolute atomic E-state index is 0.0615. The summed E-state index contributed by atoms with van der Waals surface area (Å²) in [6, 6.07) is 29.5. The molecule has 4 rings (SSSR count). The van der Waals surface area contributed by atoms with Gasteiger partial charge in [-0.3, -0.25) is 13.9 Å². The van der Waals surface area contributed by atoms with Gasteiger partial charge in [-0.15, -0.1) is 0 Å². The fourth-order valence-electron chi connectivity index (χ4n) is 5.05. The molecule has 46 heavy (non-hydrogen) atoms. The van der Waals surface area contributed by atoms with Crippen LogP contribution in [0.25, 0.3) is 0 Å². The molecule has 242 valence electrons. The van der Waals surface area contributed by atoms with Crippen LogP contribution in [-0.4, -0.2) is 50.9 Å². The van der Waals surface area contributed by atoms with Gasteiger partial charge in [-0.25, -0.2) is 8.42 Å². The zero-order chi connectivity index (χ0) is 33.1. The number of aryl methyl sites for hydroxylation is 2. The number of carbonyl (C=O) groups excluding carboxylic acids is 2. The lowest BCUT2D eigenvalue weighted by Gasteiger charge is -2.34. The maximum absolute atomic E-state index is 14.5. The van der Waals surface area contributed by atoms with E-state index in [9.17, 15) is 18.0 Å². The molecule has 1 atom stereocenters. The molecular weight excluding hydrogens is 598 g/mol. The Balaban J connectivity index is 1.79. The molecule has 0 aliphatic rings. The Kier molecular flexibility index (Phi) is 12.0. The Hall–Kier alpha value is -4.63. The first kappa shape index (κ1) is 34.2. The van der Waals surface area contributed by atoms with Gasteiger partial charge in [-0.05, 0) is 74.7 Å². The quantitative estimate of drug-likeness (QED) is 0.170. The second-order valence-corrected chi connectivity index (χ2v) is 13.1. The molecule has 4 aromatic rings. The van der Waals surface area contributed by atoms with Crippen molar-refractivity contribution in [3.63, 3.8) is 0 Å². The lowest BCUT2D eigenvalue weighted by atomic mass is 10.0. The number of carbonyl (C=O) groups is 2. The van der Waals surface area contributed by atoms with Gasteiger partial charge >= 0.3 is 0 Å². The van der Waals surface area contributed by atoms with Gasteiger partial charge in [-0.1, -0.05) is 84.8 Å². The molecule has 0 saturated heterocycles. The Morgan fingerprint density at radius 1 is 0.783 bits per heavy atom. The molecule has 0 aliphatic carbocycles. The molecule has 0 radical (unpaired) electrons. The minimum atomic E-state index is -4.18. The number of ether oxygens (including phenoxy) is 1. The molecule has 9 heteroatoms. The summed E-state index contributed by atoms with van der Waals surface area (Å²) in [6.07, 6.45) is 0.998. The topological polar surface area (TPSA) is 96.0 Å². The number of hydrogen-bond donors (Lipinski definition) is 1. The van der Waals surface area contributed by atoms with E-state index in [-0.39, 0.29) is 23.8 Å². The summed E-state index contributed by atoms with van der Waals surface area (Å²) in [6.45, 7) is 8.21. The molecule has 0 fully saturated rings. The monoisotopic (exact) mass is 641 g/mol. The van der Waals surface area contributed by atoms with Crippen molar-refractivity contribution in [3.05, 3.63) is 125 Å². The molecule has 0 bridgehead atoms. The maximum Gasteiger partial charge on any atom is 0.264 e. The van der Waals surface area contributed by atoms with E-state index in [0.29, 0.717) is 24.6 Å². The largest absolute Gasteiger partial charge is 0.494 e. The van der Waals surface area contributed by atoms with Crippen LogP contribution in [0, 0.1) is 13.8 Å². The number of rotatable bonds is 15. The predicted molar refractivity (Wildman–Crippen MR) is 182 cm³/mol. The first-order chi connectivity index (χ1) is 22.1. The minimum Gasteiger partial charge on any atom is -0.494 e. The average molecular weight is 642 g/mol. The van der Waals surface area contributed by atoms with Crippen molar-refractivity contribution < 1.29 is 22.7 Å². The van der Waals surface area contributed by atoms with Gasteiger partial charge in [0, 0.05) is 19.5 Å². The molecule has 2 amide bonds. The number of benzene rings is 4. The van der Waals surface area contributed by atoms with E-state index in [1.807, 2.05) is 82.3 Å². The summed E-state index contributed by atoms with van der Waals surface area (Å²) in [5.41, 5.74) is 4.00. The third-order valence-corrected chi connectivity index (χ3v) is 9.41. The summed E-state index contributed by atoms with van der Waals surface area (Å²) in [4.78, 5) is 29.8. The van der Waals surface area contributed by atoms with Gasteiger partial charge in [-0.2, -0.15) is 0 Å². The summed E-state index contributed by atoms with van der Waals surface area (Å²) < 4.78 is 35.1. The fourth-order valence-corrected chi connectivity index (χ4v) is 6.47. The van der Waals surface area contributed by atoms with Crippen LogP contribution in [0.4, 0.5) is 5.69 Å². The third kappa shape index (κ3) is 8.97. The summed E-state index contributed by atoms with van der Waals surface area (Å²) in [5, 5.41) is 2.97. The summed E-state index contributed by atoms with van der Waals surface area (Å²) in [5.74, 6) is -0.209. The SMILES string of the molecule is CCCNC(=O)[C@H](Cc1ccccc1)N(Cc1ccc(C)cc1)C(=O)CN(c1ccc(OCC)cc1)S(=O)(=O)c1ccc(C)cc1. The molecule has 8 nitrogen and oxygen atoms in total. The van der Waals surface area contributed by atoms with Crippen molar-refractivity contribution >= 4 is 27.5 Å². The van der Waals surface area contributed by atoms with Gasteiger partial charge in [0.2, 0.25) is 11.8 Å². The number of hydrogen-bond acceptors (Lipinski definition) is 5. The molecule has 1 N–H and O–H groups in total. The molecule has 0 saturated carbocycles. The van der Waals surface area contributed by atoms with E-state index in [2.05, 4.69) is 5.32 Å². The normalized spacial score (nSPS) is 11.8. The van der Waals surface area contributed by atoms with E-state index in [0.717, 1.165) is 33.0 Å². The van der Waals surface area contributed by atoms with E-state index < -0.39 is 28.5 Å². The van der Waals surface area contributed by atoms with Crippen molar-refractivity contribution in [1.82, 2.24) is 10.2 Å². The van der Waals surface area contributed by atoms with E-state index in [1.165, 1.54) is 17.0 Å². The van der Waals surface area contributed by atoms with Crippen LogP contribution in [0.15, 0.2) is 108 Å². The first-order valence-corrected chi connectivity index (χ1v) is 17.0. The highest BCUT2D eigenvalue weighted by Crippen LogP contribution is 2.27. The van der Waals surface area contributed by atoms with Crippen LogP contribution in [0.2, 0.25) is 0 Å². The molecule has 4 aromatic carbocycles. The highest BCUT2D eigenvalue weighted by atomic mass is 32.2. The zero-order valence-corrected chi connectivity index (χ0v) is 27.8. The summed E-state index contributed by atoms with van der Waals surface area (Å²) in [7, 11) is -4.18. The third-order valence-electron chi connectivity index (χ3n) is 7.62. The van der Waals surface area contributed by atoms with Crippen molar-refractivity contribution in [3.8, 4) is 5.75 Å². The van der Waals surface area contributed by atoms with Gasteiger partial charge in [0.25, 0.3) is 10.0 Å². The standard InChI is InChI=1S/C37H43N3O5S/c1-5-24-38-37(42)35(25-30-10-8-7-9-11-30)39(26-31-16-12-28(3)13-17-31)36(41)27-40(32-18-20-33(21-19-32)45-6-2)46(43,44)34-22-14-29(4)15-23-34/h7-23,35H,5-6,24-27H2,1-4H3,(H,38,42)/t35-/m0/s1. The van der Waals surface area contributed by atoms with Crippen molar-refractivity contribution in [2.75, 3.05) is 24.0 Å². The van der Waals surface area contributed by atoms with E-state index in [1.54, 1.807) is 36.4 Å². The smallest absolute Gasteiger partial charge is 0.264 e. The van der Waals surface area contributed by atoms with Gasteiger partial charge in [0.15, 0.2) is 0 Å². The van der Waals surface area contributed by atoms with Crippen LogP contribution >= 0.6 is 0 Å². The van der Waals surface area contributed by atoms with E-state index in [4.69, 9.17) is 4.74 Å². The van der Waals surface area contributed by atoms with Crippen molar-refractivity contribution in [2.24, 2.45) is 0 Å². The Bertz CT molecular complexity index is 1670. The highest BCUT2D eigenvalue weighted by molar-refractivity contribution is 7.92. The van der Waals surface area contributed by atoms with Crippen LogP contribution < -0.4 is 14.4 Å². The first-order valence-electron chi connectivity index (χ1n) is 15.6. The van der Waals surface area contributed by atoms with Crippen LogP contribution in [0.5, 0.6) is 5.75 Å². The van der Waals surface area contributed by atoms with Gasteiger partial charge in [0.1, 0.15) is 18.3 Å². The molecule has 0 spiro atoms. The second-order valence-electron chi connectivity index (χ2n) is 11.3. The number of nitrogens with one attached hydrogen (secondary N) is 1. The number of nitrogens with zero attached hydrogens (tertiary/aromatic N) is 2. The molecule has 0 unspecified atom stereocenters.